The molecule has 0 spiro atoms. The fraction of sp³-hybridized carbons (Fsp3) is 0.370. The van der Waals surface area contributed by atoms with Crippen LogP contribution in [0.15, 0.2) is 59.5 Å². The van der Waals surface area contributed by atoms with Crippen LogP contribution < -0.4 is 16.4 Å². The van der Waals surface area contributed by atoms with E-state index in [0.717, 1.165) is 85.7 Å². The minimum absolute atomic E-state index is 0.0135. The van der Waals surface area contributed by atoms with Gasteiger partial charge in [0.15, 0.2) is 5.82 Å². The SMILES string of the molecule is C=O.CCCN.Nc1ccc(-c2nc(N3CCOCC3)cc(C3(Sc4ccc(Cl)cc4)CC3)n2)cc1. The van der Waals surface area contributed by atoms with Gasteiger partial charge in [-0.1, -0.05) is 18.5 Å². The van der Waals surface area contributed by atoms with E-state index in [4.69, 9.17) is 42.6 Å². The number of aromatic nitrogens is 2. The number of anilines is 2. The van der Waals surface area contributed by atoms with Crippen molar-refractivity contribution in [3.63, 3.8) is 0 Å². The first kappa shape index (κ1) is 27.9. The highest BCUT2D eigenvalue weighted by Gasteiger charge is 2.47. The fourth-order valence-corrected chi connectivity index (χ4v) is 5.00. The Morgan fingerprint density at radius 1 is 1.06 bits per heavy atom. The summed E-state index contributed by atoms with van der Waals surface area (Å²) in [4.78, 5) is 21.4. The molecule has 0 atom stereocenters. The summed E-state index contributed by atoms with van der Waals surface area (Å²) >= 11 is 7.94. The lowest BCUT2D eigenvalue weighted by atomic mass is 10.1. The van der Waals surface area contributed by atoms with E-state index in [1.54, 1.807) is 0 Å². The first-order valence-corrected chi connectivity index (χ1v) is 13.2. The number of benzene rings is 2. The highest BCUT2D eigenvalue weighted by atomic mass is 35.5. The molecule has 1 saturated heterocycles. The maximum atomic E-state index is 8.00. The van der Waals surface area contributed by atoms with Gasteiger partial charge in [0.25, 0.3) is 0 Å². The zero-order chi connectivity index (χ0) is 26.0. The van der Waals surface area contributed by atoms with Crippen LogP contribution in [0.1, 0.15) is 31.9 Å². The lowest BCUT2D eigenvalue weighted by molar-refractivity contribution is -0.0979. The van der Waals surface area contributed by atoms with E-state index in [2.05, 4.69) is 30.0 Å². The molecule has 2 heterocycles. The molecular weight excluding hydrogens is 494 g/mol. The van der Waals surface area contributed by atoms with Gasteiger partial charge in [-0.05, 0) is 74.3 Å². The molecule has 3 aromatic rings. The van der Waals surface area contributed by atoms with Gasteiger partial charge in [-0.3, -0.25) is 0 Å². The average Bonchev–Trinajstić information content (AvgIpc) is 3.72. The standard InChI is InChI=1S/C23H23ClN4OS.C3H9N.CH2O/c24-17-3-7-19(8-4-17)30-23(9-10-23)20-15-21(28-11-13-29-14-12-28)27-22(26-20)16-1-5-18(25)6-2-16;1-2-3-4;1-2/h1-8,15H,9-14,25H2;2-4H2,1H3;1H2. The van der Waals surface area contributed by atoms with E-state index in [-0.39, 0.29) is 4.75 Å². The van der Waals surface area contributed by atoms with Crippen LogP contribution in [0.3, 0.4) is 0 Å². The van der Waals surface area contributed by atoms with Crippen molar-refractivity contribution in [3.05, 3.63) is 65.3 Å². The topological polar surface area (TPSA) is 107 Å². The van der Waals surface area contributed by atoms with Crippen LogP contribution in [0, 0.1) is 0 Å². The monoisotopic (exact) mass is 527 g/mol. The number of halogens is 1. The van der Waals surface area contributed by atoms with Crippen molar-refractivity contribution in [3.8, 4) is 11.4 Å². The van der Waals surface area contributed by atoms with Crippen molar-refractivity contribution in [2.24, 2.45) is 5.73 Å². The molecule has 4 N–H and O–H groups in total. The Balaban J connectivity index is 0.000000550. The van der Waals surface area contributed by atoms with E-state index in [1.807, 2.05) is 54.9 Å². The van der Waals surface area contributed by atoms with Crippen LogP contribution in [-0.4, -0.2) is 49.6 Å². The van der Waals surface area contributed by atoms with Crippen molar-refractivity contribution in [1.82, 2.24) is 9.97 Å². The number of rotatable bonds is 6. The van der Waals surface area contributed by atoms with Gasteiger partial charge in [0.1, 0.15) is 12.6 Å². The predicted octanol–water partition coefficient (Wildman–Crippen LogP) is 5.17. The average molecular weight is 528 g/mol. The van der Waals surface area contributed by atoms with Crippen LogP contribution in [0.25, 0.3) is 11.4 Å². The van der Waals surface area contributed by atoms with Gasteiger partial charge >= 0.3 is 0 Å². The number of nitrogens with zero attached hydrogens (tertiary/aromatic N) is 3. The highest BCUT2D eigenvalue weighted by Crippen LogP contribution is 2.59. The number of hydrogen-bond acceptors (Lipinski definition) is 8. The quantitative estimate of drug-likeness (QED) is 0.423. The minimum Gasteiger partial charge on any atom is -0.399 e. The number of thioether (sulfide) groups is 1. The molecule has 192 valence electrons. The van der Waals surface area contributed by atoms with Crippen LogP contribution >= 0.6 is 23.4 Å². The molecule has 2 aliphatic rings. The summed E-state index contributed by atoms with van der Waals surface area (Å²) in [5.41, 5.74) is 13.7. The number of ether oxygens (including phenoxy) is 1. The zero-order valence-corrected chi connectivity index (χ0v) is 22.2. The summed E-state index contributed by atoms with van der Waals surface area (Å²) in [5, 5.41) is 0.756. The Morgan fingerprint density at radius 3 is 2.22 bits per heavy atom. The summed E-state index contributed by atoms with van der Waals surface area (Å²) in [6, 6.07) is 18.0. The van der Waals surface area contributed by atoms with Crippen LogP contribution in [0.5, 0.6) is 0 Å². The van der Waals surface area contributed by atoms with Crippen molar-refractivity contribution in [1.29, 1.82) is 0 Å². The van der Waals surface area contributed by atoms with Gasteiger partial charge in [-0.15, -0.1) is 11.8 Å². The Kier molecular flexibility index (Phi) is 10.6. The van der Waals surface area contributed by atoms with E-state index in [1.165, 1.54) is 4.90 Å². The Morgan fingerprint density at radius 2 is 1.67 bits per heavy atom. The molecular formula is C27H34ClN5O2S. The molecule has 1 aromatic heterocycles. The molecule has 0 amide bonds. The van der Waals surface area contributed by atoms with Gasteiger partial charge in [0, 0.05) is 40.3 Å². The zero-order valence-electron chi connectivity index (χ0n) is 20.7. The Labute approximate surface area is 222 Å². The summed E-state index contributed by atoms with van der Waals surface area (Å²) in [6.07, 6.45) is 3.29. The largest absolute Gasteiger partial charge is 0.399 e. The second-order valence-corrected chi connectivity index (χ2v) is 10.4. The number of carbonyl (C=O) groups excluding carboxylic acids is 1. The lowest BCUT2D eigenvalue weighted by Gasteiger charge is -2.29. The number of nitrogen functional groups attached to an aromatic ring is 1. The molecule has 1 aliphatic carbocycles. The Bertz CT molecular complexity index is 1090. The maximum Gasteiger partial charge on any atom is 0.161 e. The molecule has 9 heteroatoms. The van der Waals surface area contributed by atoms with Gasteiger partial charge in [0.2, 0.25) is 0 Å². The number of carbonyl (C=O) groups is 1. The van der Waals surface area contributed by atoms with E-state index >= 15 is 0 Å². The number of nitrogens with two attached hydrogens (primary N) is 2. The molecule has 7 nitrogen and oxygen atoms in total. The van der Waals surface area contributed by atoms with Crippen LogP contribution in [0.4, 0.5) is 11.5 Å². The number of morpholine rings is 1. The summed E-state index contributed by atoms with van der Waals surface area (Å²) in [6.45, 7) is 8.01. The van der Waals surface area contributed by atoms with Gasteiger partial charge in [-0.25, -0.2) is 9.97 Å². The van der Waals surface area contributed by atoms with Crippen LogP contribution in [-0.2, 0) is 14.3 Å². The van der Waals surface area contributed by atoms with Gasteiger partial charge in [-0.2, -0.15) is 0 Å². The molecule has 0 unspecified atom stereocenters. The predicted molar refractivity (Wildman–Crippen MR) is 150 cm³/mol. The highest BCUT2D eigenvalue weighted by molar-refractivity contribution is 8.00. The molecule has 0 bridgehead atoms. The third-order valence-corrected chi connectivity index (χ3v) is 7.57. The van der Waals surface area contributed by atoms with Gasteiger partial charge in [0.05, 0.1) is 23.7 Å². The van der Waals surface area contributed by atoms with Crippen molar-refractivity contribution in [2.45, 2.75) is 35.8 Å². The molecule has 2 fully saturated rings. The second-order valence-electron chi connectivity index (χ2n) is 8.50. The van der Waals surface area contributed by atoms with Gasteiger partial charge < -0.3 is 25.9 Å². The molecule has 0 radical (unpaired) electrons. The summed E-state index contributed by atoms with van der Waals surface area (Å²) in [5.74, 6) is 1.72. The normalized spacial score (nSPS) is 15.7. The third-order valence-electron chi connectivity index (χ3n) is 5.80. The first-order chi connectivity index (χ1) is 17.5. The van der Waals surface area contributed by atoms with E-state index in [0.29, 0.717) is 0 Å². The smallest absolute Gasteiger partial charge is 0.161 e. The minimum atomic E-state index is -0.0135. The Hall–Kier alpha value is -2.65. The summed E-state index contributed by atoms with van der Waals surface area (Å²) in [7, 11) is 0. The molecule has 36 heavy (non-hydrogen) atoms. The van der Waals surface area contributed by atoms with E-state index < -0.39 is 0 Å². The maximum absolute atomic E-state index is 8.00. The lowest BCUT2D eigenvalue weighted by Crippen LogP contribution is -2.37. The summed E-state index contributed by atoms with van der Waals surface area (Å²) < 4.78 is 5.52. The molecule has 1 saturated carbocycles. The fourth-order valence-electron chi connectivity index (χ4n) is 3.64. The van der Waals surface area contributed by atoms with Crippen LogP contribution in [0.2, 0.25) is 5.02 Å². The molecule has 5 rings (SSSR count). The van der Waals surface area contributed by atoms with Crippen molar-refractivity contribution in [2.75, 3.05) is 43.5 Å². The molecule has 1 aliphatic heterocycles. The van der Waals surface area contributed by atoms with Crippen molar-refractivity contribution < 1.29 is 9.53 Å². The number of hydrogen-bond donors (Lipinski definition) is 2. The first-order valence-electron chi connectivity index (χ1n) is 12.0. The second kappa shape index (κ2) is 13.6. The molecule has 2 aromatic carbocycles. The third kappa shape index (κ3) is 7.43. The van der Waals surface area contributed by atoms with Crippen molar-refractivity contribution >= 4 is 41.7 Å². The van der Waals surface area contributed by atoms with E-state index in [9.17, 15) is 0 Å².